The summed E-state index contributed by atoms with van der Waals surface area (Å²) in [5, 5.41) is 9.95. The van der Waals surface area contributed by atoms with Crippen LogP contribution in [0.4, 0.5) is 0 Å². The van der Waals surface area contributed by atoms with Crippen molar-refractivity contribution in [3.8, 4) is 0 Å². The number of benzene rings is 1. The summed E-state index contributed by atoms with van der Waals surface area (Å²) in [5.74, 6) is 0.682. The van der Waals surface area contributed by atoms with E-state index in [-0.39, 0.29) is 36.4 Å². The normalized spacial score (nSPS) is 17.0. The number of carbonyl (C=O) groups excluding carboxylic acids is 1. The van der Waals surface area contributed by atoms with E-state index < -0.39 is 0 Å². The molecule has 1 aromatic carbocycles. The van der Waals surface area contributed by atoms with Crippen LogP contribution in [-0.2, 0) is 6.54 Å². The van der Waals surface area contributed by atoms with E-state index in [0.717, 1.165) is 6.42 Å². The summed E-state index contributed by atoms with van der Waals surface area (Å²) in [6.07, 6.45) is 2.84. The molecule has 8 heteroatoms. The number of hydrogen-bond donors (Lipinski definition) is 1. The number of aryl methyl sites for hydroxylation is 1. The summed E-state index contributed by atoms with van der Waals surface area (Å²) >= 11 is 0. The van der Waals surface area contributed by atoms with Gasteiger partial charge in [-0.1, -0.05) is 12.1 Å². The first-order chi connectivity index (χ1) is 13.1. The summed E-state index contributed by atoms with van der Waals surface area (Å²) in [7, 11) is 0. The van der Waals surface area contributed by atoms with Crippen LogP contribution >= 0.6 is 0 Å². The van der Waals surface area contributed by atoms with Crippen molar-refractivity contribution in [2.24, 2.45) is 0 Å². The predicted molar refractivity (Wildman–Crippen MR) is 97.3 cm³/mol. The molecule has 0 spiro atoms. The SMILES string of the molecule is Cc1nc(C(=O)N2CCCC2c2nc3ccccc3c(=O)n2CCO)co1. The van der Waals surface area contributed by atoms with Crippen molar-refractivity contribution in [3.63, 3.8) is 0 Å². The van der Waals surface area contributed by atoms with Crippen molar-refractivity contribution in [2.45, 2.75) is 32.4 Å². The Morgan fingerprint density at radius 1 is 1.33 bits per heavy atom. The topological polar surface area (TPSA) is 101 Å². The number of aliphatic hydroxyl groups excluding tert-OH is 1. The monoisotopic (exact) mass is 368 g/mol. The average Bonchev–Trinajstić information content (AvgIpc) is 3.32. The number of likely N-dealkylation sites (tertiary alicyclic amines) is 1. The fraction of sp³-hybridized carbons (Fsp3) is 0.368. The van der Waals surface area contributed by atoms with Crippen molar-refractivity contribution in [3.05, 3.63) is 58.3 Å². The molecule has 3 aromatic rings. The number of aliphatic hydroxyl groups is 1. The Labute approximate surface area is 155 Å². The summed E-state index contributed by atoms with van der Waals surface area (Å²) in [4.78, 5) is 36.3. The first-order valence-corrected chi connectivity index (χ1v) is 8.93. The lowest BCUT2D eigenvalue weighted by Gasteiger charge is -2.26. The van der Waals surface area contributed by atoms with Crippen LogP contribution in [0.15, 0.2) is 39.7 Å². The van der Waals surface area contributed by atoms with Gasteiger partial charge in [-0.25, -0.2) is 9.97 Å². The molecule has 3 heterocycles. The standard InChI is InChI=1S/C19H20N4O4/c1-12-20-15(11-27-12)19(26)22-8-4-7-16(22)17-21-14-6-3-2-5-13(14)18(25)23(17)9-10-24/h2-3,5-6,11,16,24H,4,7-10H2,1H3. The molecule has 1 amide bonds. The molecule has 1 atom stereocenters. The molecule has 1 fully saturated rings. The molecule has 0 bridgehead atoms. The van der Waals surface area contributed by atoms with Gasteiger partial charge in [0.25, 0.3) is 11.5 Å². The quantitative estimate of drug-likeness (QED) is 0.752. The fourth-order valence-corrected chi connectivity index (χ4v) is 3.64. The minimum Gasteiger partial charge on any atom is -0.448 e. The van der Waals surface area contributed by atoms with Gasteiger partial charge in [0.2, 0.25) is 0 Å². The van der Waals surface area contributed by atoms with Crippen LogP contribution in [-0.4, -0.2) is 43.6 Å². The number of aromatic nitrogens is 3. The fourth-order valence-electron chi connectivity index (χ4n) is 3.64. The Bertz CT molecular complexity index is 1060. The van der Waals surface area contributed by atoms with Gasteiger partial charge in [0.1, 0.15) is 12.1 Å². The second-order valence-corrected chi connectivity index (χ2v) is 6.58. The van der Waals surface area contributed by atoms with Gasteiger partial charge in [0, 0.05) is 13.5 Å². The highest BCUT2D eigenvalue weighted by Gasteiger charge is 2.35. The number of nitrogens with zero attached hydrogens (tertiary/aromatic N) is 4. The highest BCUT2D eigenvalue weighted by Crippen LogP contribution is 2.32. The second-order valence-electron chi connectivity index (χ2n) is 6.58. The third kappa shape index (κ3) is 3.02. The van der Waals surface area contributed by atoms with Crippen molar-refractivity contribution in [2.75, 3.05) is 13.2 Å². The van der Waals surface area contributed by atoms with Gasteiger partial charge < -0.3 is 14.4 Å². The molecule has 4 rings (SSSR count). The van der Waals surface area contributed by atoms with E-state index in [1.807, 2.05) is 6.07 Å². The van der Waals surface area contributed by atoms with Gasteiger partial charge in [-0.2, -0.15) is 0 Å². The van der Waals surface area contributed by atoms with Crippen LogP contribution in [0.25, 0.3) is 10.9 Å². The highest BCUT2D eigenvalue weighted by molar-refractivity contribution is 5.92. The third-order valence-corrected chi connectivity index (χ3v) is 4.86. The number of oxazole rings is 1. The zero-order chi connectivity index (χ0) is 19.0. The first-order valence-electron chi connectivity index (χ1n) is 8.93. The zero-order valence-electron chi connectivity index (χ0n) is 15.0. The molecule has 1 unspecified atom stereocenters. The largest absolute Gasteiger partial charge is 0.448 e. The molecule has 0 saturated carbocycles. The summed E-state index contributed by atoms with van der Waals surface area (Å²) in [6.45, 7) is 2.18. The van der Waals surface area contributed by atoms with Crippen molar-refractivity contribution in [1.82, 2.24) is 19.4 Å². The van der Waals surface area contributed by atoms with Gasteiger partial charge in [-0.15, -0.1) is 0 Å². The Kier molecular flexibility index (Phi) is 4.49. The first kappa shape index (κ1) is 17.4. The number of hydrogen-bond acceptors (Lipinski definition) is 6. The lowest BCUT2D eigenvalue weighted by Crippen LogP contribution is -2.36. The lowest BCUT2D eigenvalue weighted by molar-refractivity contribution is 0.0719. The van der Waals surface area contributed by atoms with Crippen LogP contribution in [0.2, 0.25) is 0 Å². The van der Waals surface area contributed by atoms with Crippen LogP contribution in [0.1, 0.15) is 41.1 Å². The maximum atomic E-state index is 12.9. The molecule has 27 heavy (non-hydrogen) atoms. The predicted octanol–water partition coefficient (Wildman–Crippen LogP) is 1.66. The van der Waals surface area contributed by atoms with Gasteiger partial charge in [-0.05, 0) is 25.0 Å². The number of rotatable bonds is 4. The van der Waals surface area contributed by atoms with Crippen molar-refractivity contribution < 1.29 is 14.3 Å². The molecular weight excluding hydrogens is 348 g/mol. The van der Waals surface area contributed by atoms with E-state index in [1.54, 1.807) is 30.0 Å². The molecule has 1 N–H and O–H groups in total. The summed E-state index contributed by atoms with van der Waals surface area (Å²) in [6, 6.07) is 6.76. The molecule has 0 radical (unpaired) electrons. The molecule has 1 aliphatic rings. The Balaban J connectivity index is 1.81. The zero-order valence-corrected chi connectivity index (χ0v) is 15.0. The summed E-state index contributed by atoms with van der Waals surface area (Å²) < 4.78 is 6.64. The van der Waals surface area contributed by atoms with E-state index in [2.05, 4.69) is 9.97 Å². The highest BCUT2D eigenvalue weighted by atomic mass is 16.3. The van der Waals surface area contributed by atoms with Gasteiger partial charge in [0.05, 0.1) is 30.1 Å². The molecular formula is C19H20N4O4. The van der Waals surface area contributed by atoms with E-state index >= 15 is 0 Å². The van der Waals surface area contributed by atoms with Crippen LogP contribution in [0.3, 0.4) is 0 Å². The smallest absolute Gasteiger partial charge is 0.276 e. The number of fused-ring (bicyclic) bond motifs is 1. The van der Waals surface area contributed by atoms with E-state index in [9.17, 15) is 14.7 Å². The van der Waals surface area contributed by atoms with E-state index in [0.29, 0.717) is 35.6 Å². The molecule has 0 aliphatic carbocycles. The Morgan fingerprint density at radius 2 is 2.15 bits per heavy atom. The van der Waals surface area contributed by atoms with Gasteiger partial charge in [-0.3, -0.25) is 14.2 Å². The lowest BCUT2D eigenvalue weighted by atomic mass is 10.1. The average molecular weight is 368 g/mol. The summed E-state index contributed by atoms with van der Waals surface area (Å²) in [5.41, 5.74) is 0.626. The minimum atomic E-state index is -0.349. The molecule has 1 aliphatic heterocycles. The maximum absolute atomic E-state index is 12.9. The number of amides is 1. The van der Waals surface area contributed by atoms with E-state index in [1.165, 1.54) is 10.8 Å². The molecule has 2 aromatic heterocycles. The van der Waals surface area contributed by atoms with Crippen LogP contribution in [0.5, 0.6) is 0 Å². The molecule has 8 nitrogen and oxygen atoms in total. The van der Waals surface area contributed by atoms with Crippen LogP contribution < -0.4 is 5.56 Å². The van der Waals surface area contributed by atoms with Gasteiger partial charge >= 0.3 is 0 Å². The Morgan fingerprint density at radius 3 is 2.89 bits per heavy atom. The molecule has 1 saturated heterocycles. The van der Waals surface area contributed by atoms with Crippen molar-refractivity contribution in [1.29, 1.82) is 0 Å². The maximum Gasteiger partial charge on any atom is 0.276 e. The van der Waals surface area contributed by atoms with Crippen molar-refractivity contribution >= 4 is 16.8 Å². The Hall–Kier alpha value is -3.00. The number of carbonyl (C=O) groups is 1. The van der Waals surface area contributed by atoms with Gasteiger partial charge in [0.15, 0.2) is 11.6 Å². The third-order valence-electron chi connectivity index (χ3n) is 4.86. The molecule has 140 valence electrons. The van der Waals surface area contributed by atoms with Crippen LogP contribution in [0, 0.1) is 6.92 Å². The minimum absolute atomic E-state index is 0.133. The number of para-hydroxylation sites is 1. The second kappa shape index (κ2) is 6.96. The van der Waals surface area contributed by atoms with E-state index in [4.69, 9.17) is 4.42 Å².